The summed E-state index contributed by atoms with van der Waals surface area (Å²) in [7, 11) is -0.765. The summed E-state index contributed by atoms with van der Waals surface area (Å²) in [6.07, 6.45) is 9.27. The molecule has 6 rings (SSSR count). The molecule has 0 aromatic heterocycles. The maximum atomic E-state index is 2.46. The summed E-state index contributed by atoms with van der Waals surface area (Å²) in [5.41, 5.74) is 1.56. The Labute approximate surface area is 231 Å². The van der Waals surface area contributed by atoms with Crippen LogP contribution in [-0.4, -0.2) is 24.6 Å². The molecule has 1 aliphatic heterocycles. The first-order valence-corrected chi connectivity index (χ1v) is 18.8. The maximum absolute atomic E-state index is 2.46. The van der Waals surface area contributed by atoms with Crippen LogP contribution in [0.1, 0.15) is 18.4 Å². The molecule has 1 heterocycles. The zero-order chi connectivity index (χ0) is 25.6. The molecular weight excluding hydrogens is 513 g/mol. The summed E-state index contributed by atoms with van der Waals surface area (Å²) in [6.45, 7) is 0. The molecule has 5 aromatic rings. The van der Waals surface area contributed by atoms with Crippen LogP contribution in [0.4, 0.5) is 0 Å². The van der Waals surface area contributed by atoms with Crippen molar-refractivity contribution in [2.24, 2.45) is 0 Å². The first kappa shape index (κ1) is 25.9. The summed E-state index contributed by atoms with van der Waals surface area (Å²) in [6, 6.07) is 48.2. The highest BCUT2D eigenvalue weighted by Crippen LogP contribution is 2.47. The van der Waals surface area contributed by atoms with Crippen molar-refractivity contribution in [2.45, 2.75) is 19.0 Å². The molecule has 0 bridgehead atoms. The summed E-state index contributed by atoms with van der Waals surface area (Å²) in [5, 5.41) is 9.17. The van der Waals surface area contributed by atoms with E-state index in [1.54, 1.807) is 16.2 Å². The van der Waals surface area contributed by atoms with Crippen LogP contribution >= 0.6 is 23.8 Å². The molecule has 0 fully saturated rings. The fraction of sp³-hybridized carbons (Fsp3) is 0.200. The molecule has 5 aromatic carbocycles. The number of benzene rings is 5. The molecule has 0 nitrogen and oxygen atoms in total. The van der Waals surface area contributed by atoms with Gasteiger partial charge in [0.25, 0.3) is 0 Å². The van der Waals surface area contributed by atoms with Crippen molar-refractivity contribution < 1.29 is 0 Å². The van der Waals surface area contributed by atoms with Crippen LogP contribution in [0.25, 0.3) is 10.8 Å². The first-order chi connectivity index (χ1) is 18.9. The number of fused-ring (bicyclic) bond motifs is 2. The molecule has 2 unspecified atom stereocenters. The Balaban J connectivity index is 1.36. The summed E-state index contributed by atoms with van der Waals surface area (Å²) >= 11 is 0. The zero-order valence-corrected chi connectivity index (χ0v) is 24.6. The number of hydrogen-bond acceptors (Lipinski definition) is 0. The van der Waals surface area contributed by atoms with Gasteiger partial charge in [-0.1, -0.05) is 127 Å². The van der Waals surface area contributed by atoms with Gasteiger partial charge in [0.1, 0.15) is 0 Å². The van der Waals surface area contributed by atoms with Crippen LogP contribution < -0.4 is 21.2 Å². The standard InChI is InChI=1S/C35H35P3/c1-3-17-31(18-4-1)37-26-12-24-36(28-30-16-11-15-29-14-7-8-21-33(29)30)25-13-27-38(32-19-5-2-6-20-32)35-23-10-9-22-34(35)37/h1-11,14-23H,12-13,24-28H2. The first-order valence-electron chi connectivity index (χ1n) is 13.8. The van der Waals surface area contributed by atoms with Gasteiger partial charge in [-0.25, -0.2) is 0 Å². The van der Waals surface area contributed by atoms with Gasteiger partial charge < -0.3 is 0 Å². The molecule has 38 heavy (non-hydrogen) atoms. The monoisotopic (exact) mass is 548 g/mol. The van der Waals surface area contributed by atoms with Crippen LogP contribution in [0.3, 0.4) is 0 Å². The minimum atomic E-state index is -0.364. The van der Waals surface area contributed by atoms with E-state index in [0.717, 1.165) is 0 Å². The Hall–Kier alpha value is -2.35. The second-order valence-corrected chi connectivity index (χ2v) is 17.2. The SMILES string of the molecule is c1ccc(P2CCCP(Cc3cccc4ccccc34)CCCP(c3ccccc3)c3ccccc32)cc1. The average molecular weight is 549 g/mol. The predicted molar refractivity (Wildman–Crippen MR) is 175 cm³/mol. The van der Waals surface area contributed by atoms with Gasteiger partial charge in [-0.15, -0.1) is 7.92 Å². The van der Waals surface area contributed by atoms with Gasteiger partial charge in [0.15, 0.2) is 0 Å². The molecule has 0 amide bonds. The predicted octanol–water partition coefficient (Wildman–Crippen LogP) is 8.18. The Morgan fingerprint density at radius 1 is 0.447 bits per heavy atom. The summed E-state index contributed by atoms with van der Waals surface area (Å²) in [5.74, 6) is 0. The minimum Gasteiger partial charge on any atom is -0.102 e. The van der Waals surface area contributed by atoms with E-state index in [0.29, 0.717) is 0 Å². The van der Waals surface area contributed by atoms with Crippen molar-refractivity contribution >= 4 is 55.8 Å². The van der Waals surface area contributed by atoms with E-state index >= 15 is 0 Å². The van der Waals surface area contributed by atoms with Crippen molar-refractivity contribution in [3.63, 3.8) is 0 Å². The van der Waals surface area contributed by atoms with E-state index in [9.17, 15) is 0 Å². The molecule has 0 saturated heterocycles. The molecule has 190 valence electrons. The van der Waals surface area contributed by atoms with E-state index in [4.69, 9.17) is 0 Å². The molecule has 1 aliphatic rings. The normalized spacial score (nSPS) is 20.4. The Bertz CT molecular complexity index is 1390. The van der Waals surface area contributed by atoms with E-state index in [1.807, 2.05) is 0 Å². The second kappa shape index (κ2) is 12.7. The molecule has 3 heteroatoms. The largest absolute Gasteiger partial charge is 0.102 e. The Kier molecular flexibility index (Phi) is 8.64. The van der Waals surface area contributed by atoms with Crippen molar-refractivity contribution in [3.05, 3.63) is 133 Å². The van der Waals surface area contributed by atoms with Gasteiger partial charge in [-0.3, -0.25) is 0 Å². The highest BCUT2D eigenvalue weighted by molar-refractivity contribution is 7.79. The third-order valence-corrected chi connectivity index (χ3v) is 15.8. The van der Waals surface area contributed by atoms with E-state index in [2.05, 4.69) is 127 Å². The van der Waals surface area contributed by atoms with Gasteiger partial charge in [0, 0.05) is 0 Å². The van der Waals surface area contributed by atoms with Crippen molar-refractivity contribution in [1.82, 2.24) is 0 Å². The lowest BCUT2D eigenvalue weighted by Crippen LogP contribution is -2.30. The lowest BCUT2D eigenvalue weighted by atomic mass is 10.1. The van der Waals surface area contributed by atoms with Crippen LogP contribution in [0.2, 0.25) is 0 Å². The minimum absolute atomic E-state index is 0.0367. The van der Waals surface area contributed by atoms with Gasteiger partial charge >= 0.3 is 0 Å². The van der Waals surface area contributed by atoms with Crippen molar-refractivity contribution in [1.29, 1.82) is 0 Å². The summed E-state index contributed by atoms with van der Waals surface area (Å²) < 4.78 is 0. The molecule has 0 spiro atoms. The van der Waals surface area contributed by atoms with Crippen molar-refractivity contribution in [3.8, 4) is 0 Å². The van der Waals surface area contributed by atoms with Crippen LogP contribution in [0.15, 0.2) is 127 Å². The Morgan fingerprint density at radius 2 is 0.947 bits per heavy atom. The molecule has 0 radical (unpaired) electrons. The van der Waals surface area contributed by atoms with E-state index in [1.165, 1.54) is 65.0 Å². The van der Waals surface area contributed by atoms with E-state index in [-0.39, 0.29) is 23.8 Å². The molecular formula is C35H35P3. The quantitative estimate of drug-likeness (QED) is 0.199. The lowest BCUT2D eigenvalue weighted by molar-refractivity contribution is 1.06. The van der Waals surface area contributed by atoms with Crippen molar-refractivity contribution in [2.75, 3.05) is 24.6 Å². The lowest BCUT2D eigenvalue weighted by Gasteiger charge is -2.26. The molecule has 0 aliphatic carbocycles. The summed E-state index contributed by atoms with van der Waals surface area (Å²) in [4.78, 5) is 0. The van der Waals surface area contributed by atoms with Gasteiger partial charge in [0.05, 0.1) is 0 Å². The van der Waals surface area contributed by atoms with Crippen LogP contribution in [0.5, 0.6) is 0 Å². The topological polar surface area (TPSA) is 0 Å². The fourth-order valence-corrected chi connectivity index (χ4v) is 14.3. The molecule has 0 N–H and O–H groups in total. The maximum Gasteiger partial charge on any atom is -0.00669 e. The van der Waals surface area contributed by atoms with Crippen LogP contribution in [0, 0.1) is 0 Å². The second-order valence-electron chi connectivity index (χ2n) is 10.1. The highest BCUT2D eigenvalue weighted by atomic mass is 31.1. The number of rotatable bonds is 4. The van der Waals surface area contributed by atoms with Gasteiger partial charge in [-0.05, 0) is 97.0 Å². The molecule has 0 saturated carbocycles. The van der Waals surface area contributed by atoms with Crippen LogP contribution in [-0.2, 0) is 6.16 Å². The van der Waals surface area contributed by atoms with Gasteiger partial charge in [0.2, 0.25) is 0 Å². The fourth-order valence-electron chi connectivity index (χ4n) is 5.76. The zero-order valence-electron chi connectivity index (χ0n) is 21.9. The highest BCUT2D eigenvalue weighted by Gasteiger charge is 2.24. The van der Waals surface area contributed by atoms with Gasteiger partial charge in [-0.2, -0.15) is 0 Å². The number of hydrogen-bond donors (Lipinski definition) is 0. The third-order valence-electron chi connectivity index (χ3n) is 7.59. The average Bonchev–Trinajstić information content (AvgIpc) is 3.01. The Morgan fingerprint density at radius 3 is 1.55 bits per heavy atom. The van der Waals surface area contributed by atoms with E-state index < -0.39 is 0 Å². The smallest absolute Gasteiger partial charge is 0.00669 e. The molecule has 2 atom stereocenters. The third kappa shape index (κ3) is 5.95.